The summed E-state index contributed by atoms with van der Waals surface area (Å²) < 4.78 is 5.47. The zero-order valence-corrected chi connectivity index (χ0v) is 16.5. The number of amides is 1. The molecule has 0 bridgehead atoms. The van der Waals surface area contributed by atoms with Gasteiger partial charge in [-0.25, -0.2) is 9.97 Å². The molecule has 1 saturated heterocycles. The molecule has 0 atom stereocenters. The van der Waals surface area contributed by atoms with Crippen molar-refractivity contribution in [3.8, 4) is 5.75 Å². The van der Waals surface area contributed by atoms with E-state index in [1.165, 1.54) is 0 Å². The van der Waals surface area contributed by atoms with Crippen molar-refractivity contribution in [3.05, 3.63) is 59.4 Å². The van der Waals surface area contributed by atoms with E-state index >= 15 is 0 Å². The quantitative estimate of drug-likeness (QED) is 0.702. The third-order valence-electron chi connectivity index (χ3n) is 5.32. The summed E-state index contributed by atoms with van der Waals surface area (Å²) in [4.78, 5) is 26.3. The number of aryl methyl sites for hydroxylation is 2. The monoisotopic (exact) mass is 376 g/mol. The number of piperazine rings is 1. The molecular formula is C22H24N4O2. The zero-order chi connectivity index (χ0) is 19.7. The van der Waals surface area contributed by atoms with Gasteiger partial charge < -0.3 is 14.5 Å². The number of para-hydroxylation sites is 2. The molecule has 1 fully saturated rings. The lowest BCUT2D eigenvalue weighted by atomic mass is 10.1. The Hall–Kier alpha value is -3.15. The Morgan fingerprint density at radius 2 is 1.61 bits per heavy atom. The van der Waals surface area contributed by atoms with Crippen LogP contribution in [0.25, 0.3) is 11.0 Å². The minimum Gasteiger partial charge on any atom is -0.495 e. The Morgan fingerprint density at radius 3 is 2.32 bits per heavy atom. The SMILES string of the molecule is COc1ccccc1N1CCN(C(=O)c2ccc3nc(C)c(C)nc3c2)CC1. The lowest BCUT2D eigenvalue weighted by Gasteiger charge is -2.36. The lowest BCUT2D eigenvalue weighted by Crippen LogP contribution is -2.48. The summed E-state index contributed by atoms with van der Waals surface area (Å²) in [5.74, 6) is 0.905. The zero-order valence-electron chi connectivity index (χ0n) is 16.5. The highest BCUT2D eigenvalue weighted by Gasteiger charge is 2.24. The van der Waals surface area contributed by atoms with Crippen LogP contribution >= 0.6 is 0 Å². The summed E-state index contributed by atoms with van der Waals surface area (Å²) in [5.41, 5.74) is 5.13. The third-order valence-corrected chi connectivity index (χ3v) is 5.32. The van der Waals surface area contributed by atoms with Gasteiger partial charge in [0.25, 0.3) is 5.91 Å². The molecule has 1 aliphatic rings. The maximum Gasteiger partial charge on any atom is 0.254 e. The number of carbonyl (C=O) groups is 1. The molecular weight excluding hydrogens is 352 g/mol. The second-order valence-corrected chi connectivity index (χ2v) is 7.05. The molecule has 6 heteroatoms. The molecule has 4 rings (SSSR count). The molecule has 144 valence electrons. The Morgan fingerprint density at radius 1 is 0.929 bits per heavy atom. The molecule has 2 heterocycles. The van der Waals surface area contributed by atoms with Gasteiger partial charge >= 0.3 is 0 Å². The second kappa shape index (κ2) is 7.46. The number of aromatic nitrogens is 2. The highest BCUT2D eigenvalue weighted by atomic mass is 16.5. The molecule has 0 aliphatic carbocycles. The summed E-state index contributed by atoms with van der Waals surface area (Å²) in [7, 11) is 1.68. The number of anilines is 1. The molecule has 0 radical (unpaired) electrons. The van der Waals surface area contributed by atoms with Crippen molar-refractivity contribution in [2.75, 3.05) is 38.2 Å². The van der Waals surface area contributed by atoms with E-state index in [1.807, 2.05) is 55.1 Å². The lowest BCUT2D eigenvalue weighted by molar-refractivity contribution is 0.0747. The van der Waals surface area contributed by atoms with E-state index in [4.69, 9.17) is 4.74 Å². The molecule has 3 aromatic rings. The van der Waals surface area contributed by atoms with E-state index in [1.54, 1.807) is 7.11 Å². The smallest absolute Gasteiger partial charge is 0.254 e. The van der Waals surface area contributed by atoms with Crippen molar-refractivity contribution in [3.63, 3.8) is 0 Å². The standard InChI is InChI=1S/C22H24N4O2/c1-15-16(2)24-19-14-17(8-9-18(19)23-15)22(27)26-12-10-25(11-13-26)20-6-4-5-7-21(20)28-3/h4-9,14H,10-13H2,1-3H3. The van der Waals surface area contributed by atoms with Gasteiger partial charge in [0.15, 0.2) is 0 Å². The summed E-state index contributed by atoms with van der Waals surface area (Å²) >= 11 is 0. The van der Waals surface area contributed by atoms with E-state index in [9.17, 15) is 4.79 Å². The number of methoxy groups -OCH3 is 1. The van der Waals surface area contributed by atoms with E-state index < -0.39 is 0 Å². The third kappa shape index (κ3) is 3.38. The number of carbonyl (C=O) groups excluding carboxylic acids is 1. The number of fused-ring (bicyclic) bond motifs is 1. The van der Waals surface area contributed by atoms with Crippen LogP contribution in [0.4, 0.5) is 5.69 Å². The van der Waals surface area contributed by atoms with Crippen molar-refractivity contribution in [1.29, 1.82) is 0 Å². The number of hydrogen-bond acceptors (Lipinski definition) is 5. The first-order valence-corrected chi connectivity index (χ1v) is 9.49. The molecule has 0 saturated carbocycles. The maximum atomic E-state index is 13.0. The van der Waals surface area contributed by atoms with Gasteiger partial charge in [-0.1, -0.05) is 12.1 Å². The van der Waals surface area contributed by atoms with E-state index in [-0.39, 0.29) is 5.91 Å². The second-order valence-electron chi connectivity index (χ2n) is 7.05. The normalized spacial score (nSPS) is 14.4. The van der Waals surface area contributed by atoms with Crippen LogP contribution in [0, 0.1) is 13.8 Å². The first-order chi connectivity index (χ1) is 13.6. The summed E-state index contributed by atoms with van der Waals surface area (Å²) in [5, 5.41) is 0. The Balaban J connectivity index is 1.49. The van der Waals surface area contributed by atoms with Crippen molar-refractivity contribution in [2.45, 2.75) is 13.8 Å². The molecule has 6 nitrogen and oxygen atoms in total. The number of benzene rings is 2. The van der Waals surface area contributed by atoms with Crippen LogP contribution in [-0.2, 0) is 0 Å². The molecule has 28 heavy (non-hydrogen) atoms. The van der Waals surface area contributed by atoms with Gasteiger partial charge in [0.05, 0.1) is 35.2 Å². The van der Waals surface area contributed by atoms with Gasteiger partial charge in [-0.3, -0.25) is 4.79 Å². The molecule has 0 unspecified atom stereocenters. The molecule has 2 aromatic carbocycles. The summed E-state index contributed by atoms with van der Waals surface area (Å²) in [6, 6.07) is 13.6. The van der Waals surface area contributed by atoms with Gasteiger partial charge in [-0.05, 0) is 44.2 Å². The Labute approximate surface area is 164 Å². The minimum absolute atomic E-state index is 0.0432. The largest absolute Gasteiger partial charge is 0.495 e. The molecule has 1 amide bonds. The first kappa shape index (κ1) is 18.2. The minimum atomic E-state index is 0.0432. The summed E-state index contributed by atoms with van der Waals surface area (Å²) in [6.45, 7) is 6.78. The fraction of sp³-hybridized carbons (Fsp3) is 0.318. The fourth-order valence-electron chi connectivity index (χ4n) is 3.59. The van der Waals surface area contributed by atoms with E-state index in [0.717, 1.165) is 46.9 Å². The average molecular weight is 376 g/mol. The van der Waals surface area contributed by atoms with Crippen molar-refractivity contribution in [2.24, 2.45) is 0 Å². The molecule has 0 N–H and O–H groups in total. The predicted octanol–water partition coefficient (Wildman–Crippen LogP) is 3.22. The Bertz CT molecular complexity index is 1030. The molecule has 1 aliphatic heterocycles. The first-order valence-electron chi connectivity index (χ1n) is 9.49. The van der Waals surface area contributed by atoms with Gasteiger partial charge in [0.2, 0.25) is 0 Å². The van der Waals surface area contributed by atoms with Crippen molar-refractivity contribution < 1.29 is 9.53 Å². The van der Waals surface area contributed by atoms with Crippen LogP contribution in [-0.4, -0.2) is 54.1 Å². The van der Waals surface area contributed by atoms with Crippen LogP contribution in [0.3, 0.4) is 0 Å². The van der Waals surface area contributed by atoms with Crippen molar-refractivity contribution in [1.82, 2.24) is 14.9 Å². The van der Waals surface area contributed by atoms with Gasteiger partial charge in [0.1, 0.15) is 5.75 Å². The predicted molar refractivity (Wildman–Crippen MR) is 110 cm³/mol. The van der Waals surface area contributed by atoms with E-state index in [0.29, 0.717) is 18.7 Å². The van der Waals surface area contributed by atoms with E-state index in [2.05, 4.69) is 20.9 Å². The van der Waals surface area contributed by atoms with Crippen molar-refractivity contribution >= 4 is 22.6 Å². The number of nitrogens with zero attached hydrogens (tertiary/aromatic N) is 4. The van der Waals surface area contributed by atoms with Crippen LogP contribution in [0.5, 0.6) is 5.75 Å². The van der Waals surface area contributed by atoms with Crippen LogP contribution < -0.4 is 9.64 Å². The molecule has 0 spiro atoms. The summed E-state index contributed by atoms with van der Waals surface area (Å²) in [6.07, 6.45) is 0. The van der Waals surface area contributed by atoms with Gasteiger partial charge in [0, 0.05) is 31.7 Å². The Kier molecular flexibility index (Phi) is 4.86. The van der Waals surface area contributed by atoms with Gasteiger partial charge in [-0.2, -0.15) is 0 Å². The van der Waals surface area contributed by atoms with Crippen LogP contribution in [0.15, 0.2) is 42.5 Å². The number of rotatable bonds is 3. The molecule has 1 aromatic heterocycles. The highest BCUT2D eigenvalue weighted by Crippen LogP contribution is 2.28. The average Bonchev–Trinajstić information content (AvgIpc) is 2.74. The maximum absolute atomic E-state index is 13.0. The van der Waals surface area contributed by atoms with Crippen LogP contribution in [0.2, 0.25) is 0 Å². The highest BCUT2D eigenvalue weighted by molar-refractivity contribution is 5.97. The topological polar surface area (TPSA) is 58.6 Å². The number of hydrogen-bond donors (Lipinski definition) is 0. The van der Waals surface area contributed by atoms with Gasteiger partial charge in [-0.15, -0.1) is 0 Å². The van der Waals surface area contributed by atoms with Crippen LogP contribution in [0.1, 0.15) is 21.7 Å². The fourth-order valence-corrected chi connectivity index (χ4v) is 3.59. The number of ether oxygens (including phenoxy) is 1.